The van der Waals surface area contributed by atoms with Crippen LogP contribution in [0.25, 0.3) is 0 Å². The van der Waals surface area contributed by atoms with Gasteiger partial charge in [0.2, 0.25) is 10.0 Å². The van der Waals surface area contributed by atoms with Crippen molar-refractivity contribution in [3.63, 3.8) is 0 Å². The number of hydrogen-bond donors (Lipinski definition) is 2. The number of carboxylic acid groups (broad SMARTS) is 1. The summed E-state index contributed by atoms with van der Waals surface area (Å²) in [6, 6.07) is 2.53. The highest BCUT2D eigenvalue weighted by molar-refractivity contribution is 7.89. The average Bonchev–Trinajstić information content (AvgIpc) is 2.38. The molecule has 2 N–H and O–H groups in total. The number of carbonyl (C=O) groups is 1. The normalized spacial score (nSPS) is 13.1. The van der Waals surface area contributed by atoms with Crippen LogP contribution in [-0.2, 0) is 10.0 Å². The first-order valence-corrected chi connectivity index (χ1v) is 8.54. The van der Waals surface area contributed by atoms with Gasteiger partial charge >= 0.3 is 5.97 Å². The maximum absolute atomic E-state index is 12.4. The molecule has 0 aliphatic carbocycles. The van der Waals surface area contributed by atoms with Gasteiger partial charge in [-0.25, -0.2) is 17.9 Å². The fourth-order valence-electron chi connectivity index (χ4n) is 2.13. The lowest BCUT2D eigenvalue weighted by Gasteiger charge is -2.16. The number of aromatic carboxylic acids is 1. The molecule has 0 radical (unpaired) electrons. The van der Waals surface area contributed by atoms with E-state index in [1.807, 2.05) is 13.8 Å². The minimum Gasteiger partial charge on any atom is -0.478 e. The Morgan fingerprint density at radius 2 is 1.95 bits per heavy atom. The molecule has 0 aliphatic heterocycles. The first kappa shape index (κ1) is 17.7. The fraction of sp³-hybridized carbons (Fsp3) is 0.533. The van der Waals surface area contributed by atoms with Crippen LogP contribution in [0.2, 0.25) is 0 Å². The van der Waals surface area contributed by atoms with E-state index in [1.54, 1.807) is 13.8 Å². The van der Waals surface area contributed by atoms with Gasteiger partial charge in [0.25, 0.3) is 0 Å². The predicted octanol–water partition coefficient (Wildman–Crippen LogP) is 2.86. The molecular weight excluding hydrogens is 290 g/mol. The summed E-state index contributed by atoms with van der Waals surface area (Å²) in [6.45, 7) is 7.26. The van der Waals surface area contributed by atoms with Crippen molar-refractivity contribution in [2.45, 2.75) is 57.9 Å². The quantitative estimate of drug-likeness (QED) is 0.810. The molecule has 0 spiro atoms. The van der Waals surface area contributed by atoms with Crippen LogP contribution in [0.4, 0.5) is 0 Å². The molecule has 1 rings (SSSR count). The highest BCUT2D eigenvalue weighted by Gasteiger charge is 2.22. The molecule has 0 saturated carbocycles. The summed E-state index contributed by atoms with van der Waals surface area (Å²) in [4.78, 5) is 11.1. The summed E-state index contributed by atoms with van der Waals surface area (Å²) < 4.78 is 27.5. The largest absolute Gasteiger partial charge is 0.478 e. The molecule has 5 nitrogen and oxygen atoms in total. The van der Waals surface area contributed by atoms with Crippen LogP contribution in [0.1, 0.15) is 54.6 Å². The van der Waals surface area contributed by atoms with Crippen LogP contribution < -0.4 is 4.72 Å². The number of sulfonamides is 1. The van der Waals surface area contributed by atoms with E-state index in [1.165, 1.54) is 12.1 Å². The van der Waals surface area contributed by atoms with Gasteiger partial charge in [0, 0.05) is 6.04 Å². The number of unbranched alkanes of at least 4 members (excludes halogenated alkanes) is 1. The summed E-state index contributed by atoms with van der Waals surface area (Å²) in [7, 11) is -3.71. The molecule has 1 aromatic rings. The Morgan fingerprint density at radius 3 is 2.48 bits per heavy atom. The van der Waals surface area contributed by atoms with Crippen LogP contribution in [-0.4, -0.2) is 25.5 Å². The zero-order valence-corrected chi connectivity index (χ0v) is 13.8. The van der Waals surface area contributed by atoms with Crippen LogP contribution in [0.3, 0.4) is 0 Å². The second kappa shape index (κ2) is 7.04. The monoisotopic (exact) mass is 313 g/mol. The van der Waals surface area contributed by atoms with E-state index in [-0.39, 0.29) is 16.5 Å². The SMILES string of the molecule is CCCCC(C)NS(=O)(=O)c1cc(C(=O)O)cc(C)c1C. The Bertz CT molecular complexity index is 623. The van der Waals surface area contributed by atoms with Crippen molar-refractivity contribution < 1.29 is 18.3 Å². The lowest BCUT2D eigenvalue weighted by molar-refractivity contribution is 0.0696. The molecule has 1 unspecified atom stereocenters. The highest BCUT2D eigenvalue weighted by atomic mass is 32.2. The van der Waals surface area contributed by atoms with Gasteiger partial charge in [-0.3, -0.25) is 0 Å². The van der Waals surface area contributed by atoms with E-state index >= 15 is 0 Å². The molecule has 0 bridgehead atoms. The summed E-state index contributed by atoms with van der Waals surface area (Å²) in [5, 5.41) is 9.07. The van der Waals surface area contributed by atoms with E-state index in [4.69, 9.17) is 5.11 Å². The third-order valence-corrected chi connectivity index (χ3v) is 5.22. The second-order valence-electron chi connectivity index (χ2n) is 5.39. The van der Waals surface area contributed by atoms with Crippen molar-refractivity contribution in [3.8, 4) is 0 Å². The van der Waals surface area contributed by atoms with Gasteiger partial charge in [-0.15, -0.1) is 0 Å². The maximum Gasteiger partial charge on any atom is 0.335 e. The Kier molecular flexibility index (Phi) is 5.92. The van der Waals surface area contributed by atoms with Crippen LogP contribution >= 0.6 is 0 Å². The zero-order valence-electron chi connectivity index (χ0n) is 12.9. The number of carboxylic acids is 1. The molecule has 6 heteroatoms. The van der Waals surface area contributed by atoms with E-state index in [2.05, 4.69) is 4.72 Å². The van der Waals surface area contributed by atoms with Crippen molar-refractivity contribution >= 4 is 16.0 Å². The second-order valence-corrected chi connectivity index (χ2v) is 7.07. The van der Waals surface area contributed by atoms with Crippen molar-refractivity contribution in [1.82, 2.24) is 4.72 Å². The maximum atomic E-state index is 12.4. The summed E-state index contributed by atoms with van der Waals surface area (Å²) >= 11 is 0. The molecule has 1 atom stereocenters. The molecule has 0 saturated heterocycles. The fourth-order valence-corrected chi connectivity index (χ4v) is 3.75. The topological polar surface area (TPSA) is 83.5 Å². The average molecular weight is 313 g/mol. The van der Waals surface area contributed by atoms with Gasteiger partial charge in [0.05, 0.1) is 10.5 Å². The van der Waals surface area contributed by atoms with E-state index in [0.29, 0.717) is 11.1 Å². The Hall–Kier alpha value is -1.40. The number of nitrogens with one attached hydrogen (secondary N) is 1. The Balaban J connectivity index is 3.16. The van der Waals surface area contributed by atoms with Gasteiger partial charge in [-0.2, -0.15) is 0 Å². The Labute approximate surface area is 126 Å². The van der Waals surface area contributed by atoms with Crippen molar-refractivity contribution in [2.24, 2.45) is 0 Å². The summed E-state index contributed by atoms with van der Waals surface area (Å²) in [5.41, 5.74) is 1.21. The molecule has 0 fully saturated rings. The van der Waals surface area contributed by atoms with Gasteiger partial charge in [0.1, 0.15) is 0 Å². The van der Waals surface area contributed by atoms with Crippen molar-refractivity contribution in [1.29, 1.82) is 0 Å². The van der Waals surface area contributed by atoms with E-state index < -0.39 is 16.0 Å². The highest BCUT2D eigenvalue weighted by Crippen LogP contribution is 2.22. The van der Waals surface area contributed by atoms with E-state index in [9.17, 15) is 13.2 Å². The molecule has 0 aliphatic rings. The third-order valence-electron chi connectivity index (χ3n) is 3.50. The standard InChI is InChI=1S/C15H23NO4S/c1-5-6-7-11(3)16-21(19,20)14-9-13(15(17)18)8-10(2)12(14)4/h8-9,11,16H,5-7H2,1-4H3,(H,17,18). The number of hydrogen-bond acceptors (Lipinski definition) is 3. The number of rotatable bonds is 7. The minimum atomic E-state index is -3.71. The third kappa shape index (κ3) is 4.54. The molecular formula is C15H23NO4S. The lowest BCUT2D eigenvalue weighted by Crippen LogP contribution is -2.33. The summed E-state index contributed by atoms with van der Waals surface area (Å²) in [6.07, 6.45) is 2.70. The zero-order chi connectivity index (χ0) is 16.2. The number of aryl methyl sites for hydroxylation is 1. The first-order chi connectivity index (χ1) is 9.69. The van der Waals surface area contributed by atoms with Crippen LogP contribution in [0, 0.1) is 13.8 Å². The molecule has 0 amide bonds. The van der Waals surface area contributed by atoms with Crippen molar-refractivity contribution in [2.75, 3.05) is 0 Å². The van der Waals surface area contributed by atoms with Crippen molar-refractivity contribution in [3.05, 3.63) is 28.8 Å². The molecule has 1 aromatic carbocycles. The Morgan fingerprint density at radius 1 is 1.33 bits per heavy atom. The lowest BCUT2D eigenvalue weighted by atomic mass is 10.1. The molecule has 118 valence electrons. The van der Waals surface area contributed by atoms with E-state index in [0.717, 1.165) is 19.3 Å². The minimum absolute atomic E-state index is 0.0142. The van der Waals surface area contributed by atoms with Gasteiger partial charge in [-0.05, 0) is 50.5 Å². The molecule has 0 aromatic heterocycles. The van der Waals surface area contributed by atoms with Crippen LogP contribution in [0.5, 0.6) is 0 Å². The first-order valence-electron chi connectivity index (χ1n) is 7.06. The molecule has 21 heavy (non-hydrogen) atoms. The predicted molar refractivity (Wildman–Crippen MR) is 82.2 cm³/mol. The van der Waals surface area contributed by atoms with Gasteiger partial charge in [-0.1, -0.05) is 19.8 Å². The van der Waals surface area contributed by atoms with Gasteiger partial charge < -0.3 is 5.11 Å². The smallest absolute Gasteiger partial charge is 0.335 e. The summed E-state index contributed by atoms with van der Waals surface area (Å²) in [5.74, 6) is -1.13. The van der Waals surface area contributed by atoms with Crippen LogP contribution in [0.15, 0.2) is 17.0 Å². The van der Waals surface area contributed by atoms with Gasteiger partial charge in [0.15, 0.2) is 0 Å². The molecule has 0 heterocycles. The number of benzene rings is 1.